The number of rotatable bonds is 9. The third kappa shape index (κ3) is 7.72. The molecule has 0 atom stereocenters. The molecule has 61 heavy (non-hydrogen) atoms. The van der Waals surface area contributed by atoms with Crippen molar-refractivity contribution in [2.45, 2.75) is 0 Å². The molecule has 0 unspecified atom stereocenters. The van der Waals surface area contributed by atoms with Crippen LogP contribution in [0.3, 0.4) is 0 Å². The fourth-order valence-corrected chi connectivity index (χ4v) is 7.81. The Hall–Kier alpha value is -8.28. The first-order chi connectivity index (χ1) is 30.1. The van der Waals surface area contributed by atoms with E-state index in [2.05, 4.69) is 115 Å². The van der Waals surface area contributed by atoms with Crippen molar-refractivity contribution in [1.29, 1.82) is 5.41 Å². The zero-order valence-electron chi connectivity index (χ0n) is 33.2. The summed E-state index contributed by atoms with van der Waals surface area (Å²) in [7, 11) is 0. The fourth-order valence-electron chi connectivity index (χ4n) is 7.81. The third-order valence-corrected chi connectivity index (χ3v) is 11.0. The molecule has 2 N–H and O–H groups in total. The minimum Gasteiger partial charge on any atom is -0.354 e. The maximum atomic E-state index is 9.62. The quantitative estimate of drug-likeness (QED) is 0.143. The molecule has 1 aliphatic heterocycles. The van der Waals surface area contributed by atoms with Crippen LogP contribution < -0.4 is 5.32 Å². The van der Waals surface area contributed by atoms with E-state index in [1.54, 1.807) is 0 Å². The van der Waals surface area contributed by atoms with E-state index in [0.29, 0.717) is 23.2 Å². The van der Waals surface area contributed by atoms with E-state index in [9.17, 15) is 5.41 Å². The minimum absolute atomic E-state index is 0.457. The molecule has 0 spiro atoms. The first kappa shape index (κ1) is 37.0. The van der Waals surface area contributed by atoms with E-state index < -0.39 is 0 Å². The van der Waals surface area contributed by atoms with Crippen molar-refractivity contribution in [3.63, 3.8) is 0 Å². The molecular formula is C56H39N5. The fraction of sp³-hybridized carbons (Fsp3) is 0. The van der Waals surface area contributed by atoms with E-state index >= 15 is 0 Å². The second kappa shape index (κ2) is 16.5. The zero-order chi connectivity index (χ0) is 41.0. The highest BCUT2D eigenvalue weighted by Gasteiger charge is 2.24. The Morgan fingerprint density at radius 1 is 0.361 bits per heavy atom. The predicted octanol–water partition coefficient (Wildman–Crippen LogP) is 13.2. The summed E-state index contributed by atoms with van der Waals surface area (Å²) in [5.74, 6) is 1.91. The van der Waals surface area contributed by atoms with E-state index in [-0.39, 0.29) is 0 Å². The molecule has 288 valence electrons. The second-order valence-electron chi connectivity index (χ2n) is 14.9. The number of nitrogens with zero attached hydrogens (tertiary/aromatic N) is 3. The number of fused-ring (bicyclic) bond motifs is 1. The molecule has 0 amide bonds. The summed E-state index contributed by atoms with van der Waals surface area (Å²) in [4.78, 5) is 14.7. The third-order valence-electron chi connectivity index (χ3n) is 11.0. The molecular weight excluding hydrogens is 743 g/mol. The molecule has 0 aliphatic carbocycles. The first-order valence-electron chi connectivity index (χ1n) is 20.4. The maximum absolute atomic E-state index is 9.62. The Morgan fingerprint density at radius 3 is 1.23 bits per heavy atom. The Labute approximate surface area is 355 Å². The van der Waals surface area contributed by atoms with Gasteiger partial charge in [-0.1, -0.05) is 212 Å². The van der Waals surface area contributed by atoms with Crippen molar-refractivity contribution in [1.82, 2.24) is 20.3 Å². The van der Waals surface area contributed by atoms with E-state index in [1.807, 2.05) is 115 Å². The summed E-state index contributed by atoms with van der Waals surface area (Å²) >= 11 is 0. The van der Waals surface area contributed by atoms with Crippen LogP contribution in [0.15, 0.2) is 218 Å². The molecule has 0 fully saturated rings. The average Bonchev–Trinajstić information content (AvgIpc) is 3.35. The smallest absolute Gasteiger partial charge is 0.164 e. The second-order valence-corrected chi connectivity index (χ2v) is 14.9. The number of nitrogens with one attached hydrogen (secondary N) is 2. The summed E-state index contributed by atoms with van der Waals surface area (Å²) in [6, 6.07) is 74.5. The van der Waals surface area contributed by atoms with Gasteiger partial charge in [-0.2, -0.15) is 0 Å². The summed E-state index contributed by atoms with van der Waals surface area (Å²) in [5.41, 5.74) is 15.5. The maximum Gasteiger partial charge on any atom is 0.164 e. The van der Waals surface area contributed by atoms with Crippen molar-refractivity contribution in [2.24, 2.45) is 0 Å². The van der Waals surface area contributed by atoms with Crippen LogP contribution in [0.25, 0.3) is 79.5 Å². The predicted molar refractivity (Wildman–Crippen MR) is 251 cm³/mol. The van der Waals surface area contributed by atoms with Crippen LogP contribution in [-0.2, 0) is 0 Å². The van der Waals surface area contributed by atoms with Crippen LogP contribution in [0.5, 0.6) is 0 Å². The Morgan fingerprint density at radius 2 is 0.738 bits per heavy atom. The topological polar surface area (TPSA) is 74.6 Å². The van der Waals surface area contributed by atoms with Crippen molar-refractivity contribution in [3.8, 4) is 56.4 Å². The summed E-state index contributed by atoms with van der Waals surface area (Å²) in [5, 5.41) is 13.4. The average molecular weight is 782 g/mol. The zero-order valence-corrected chi connectivity index (χ0v) is 33.2. The summed E-state index contributed by atoms with van der Waals surface area (Å²) < 4.78 is 0. The highest BCUT2D eigenvalue weighted by Crippen LogP contribution is 2.39. The van der Waals surface area contributed by atoms with Crippen molar-refractivity contribution < 1.29 is 0 Å². The van der Waals surface area contributed by atoms with E-state index in [4.69, 9.17) is 15.0 Å². The van der Waals surface area contributed by atoms with Crippen LogP contribution in [0.4, 0.5) is 0 Å². The molecule has 0 radical (unpaired) electrons. The van der Waals surface area contributed by atoms with E-state index in [0.717, 1.165) is 83.7 Å². The lowest BCUT2D eigenvalue weighted by molar-refractivity contribution is 1.07. The Balaban J connectivity index is 1.00. The normalized spacial score (nSPS) is 12.8. The van der Waals surface area contributed by atoms with Gasteiger partial charge in [-0.3, -0.25) is 5.41 Å². The number of allylic oxidation sites excluding steroid dienone is 1. The molecule has 0 saturated carbocycles. The van der Waals surface area contributed by atoms with Gasteiger partial charge in [0.15, 0.2) is 17.5 Å². The van der Waals surface area contributed by atoms with Gasteiger partial charge in [0.2, 0.25) is 0 Å². The lowest BCUT2D eigenvalue weighted by Gasteiger charge is -2.27. The molecule has 5 nitrogen and oxygen atoms in total. The molecule has 0 saturated heterocycles. The molecule has 1 aliphatic rings. The SMILES string of the molecule is N=C(/C(=C1\NC(c2ccccc2)=Cc2ccc(-c3ccc(-c4ccc(-c5nc(-c6ccccc6)nc(-c6ccccc6)n5)cc4)cc3)cc21)c1ccccc1)c1ccccc1. The molecule has 0 bridgehead atoms. The Kier molecular flexibility index (Phi) is 10.0. The van der Waals surface area contributed by atoms with Crippen molar-refractivity contribution >= 4 is 28.8 Å². The largest absolute Gasteiger partial charge is 0.354 e. The Bertz CT molecular complexity index is 2990. The van der Waals surface area contributed by atoms with Crippen LogP contribution in [0.2, 0.25) is 0 Å². The minimum atomic E-state index is 0.457. The van der Waals surface area contributed by atoms with Gasteiger partial charge in [0, 0.05) is 39.1 Å². The summed E-state index contributed by atoms with van der Waals surface area (Å²) in [6.45, 7) is 0. The molecule has 9 aromatic rings. The van der Waals surface area contributed by atoms with Gasteiger partial charge in [0.05, 0.1) is 11.4 Å². The first-order valence-corrected chi connectivity index (χ1v) is 20.4. The highest BCUT2D eigenvalue weighted by molar-refractivity contribution is 6.36. The number of benzene rings is 8. The van der Waals surface area contributed by atoms with Crippen molar-refractivity contribution in [3.05, 3.63) is 246 Å². The summed E-state index contributed by atoms with van der Waals surface area (Å²) in [6.07, 6.45) is 2.21. The monoisotopic (exact) mass is 781 g/mol. The van der Waals surface area contributed by atoms with Crippen LogP contribution in [0.1, 0.15) is 27.8 Å². The highest BCUT2D eigenvalue weighted by atomic mass is 15.0. The lowest BCUT2D eigenvalue weighted by atomic mass is 9.86. The van der Waals surface area contributed by atoms with Crippen LogP contribution >= 0.6 is 0 Å². The van der Waals surface area contributed by atoms with Gasteiger partial charge >= 0.3 is 0 Å². The van der Waals surface area contributed by atoms with Gasteiger partial charge in [0.1, 0.15) is 0 Å². The van der Waals surface area contributed by atoms with Crippen LogP contribution in [0, 0.1) is 5.41 Å². The number of hydrogen-bond donors (Lipinski definition) is 2. The standard InChI is InChI=1S/C56H39N5/c57-52(43-20-10-3-11-21-43)51(42-18-8-2-9-19-42)53-49-36-47(34-35-48(49)37-50(58-53)41-16-6-1-7-17-41)40-28-26-38(27-29-40)39-30-32-46(33-31-39)56-60-54(44-22-12-4-13-23-44)59-55(61-56)45-24-14-5-15-25-45/h1-37,57-58H/b53-51-,57-52?. The van der Waals surface area contributed by atoms with Gasteiger partial charge in [-0.25, -0.2) is 15.0 Å². The van der Waals surface area contributed by atoms with Gasteiger partial charge in [-0.05, 0) is 51.1 Å². The molecule has 8 aromatic carbocycles. The lowest BCUT2D eigenvalue weighted by Crippen LogP contribution is -2.20. The van der Waals surface area contributed by atoms with Crippen LogP contribution in [-0.4, -0.2) is 20.7 Å². The van der Waals surface area contributed by atoms with Gasteiger partial charge < -0.3 is 5.32 Å². The van der Waals surface area contributed by atoms with Gasteiger partial charge in [0.25, 0.3) is 0 Å². The van der Waals surface area contributed by atoms with Crippen molar-refractivity contribution in [2.75, 3.05) is 0 Å². The molecule has 5 heteroatoms. The van der Waals surface area contributed by atoms with E-state index in [1.165, 1.54) is 0 Å². The molecule has 10 rings (SSSR count). The van der Waals surface area contributed by atoms with Gasteiger partial charge in [-0.15, -0.1) is 0 Å². The molecule has 1 aromatic heterocycles. The number of aromatic nitrogens is 3. The number of hydrogen-bond acceptors (Lipinski definition) is 5. The molecule has 2 heterocycles.